The summed E-state index contributed by atoms with van der Waals surface area (Å²) in [5.41, 5.74) is 1.33. The molecule has 0 spiro atoms. The molecule has 4 nitrogen and oxygen atoms in total. The topological polar surface area (TPSA) is 32.8 Å². The van der Waals surface area contributed by atoms with Crippen molar-refractivity contribution in [1.82, 2.24) is 9.80 Å². The predicted octanol–water partition coefficient (Wildman–Crippen LogP) is 2.92. The molecule has 0 radical (unpaired) electrons. The van der Waals surface area contributed by atoms with Gasteiger partial charge in [0.2, 0.25) is 5.91 Å². The number of benzene rings is 1. The number of carbonyl (C=O) groups is 1. The van der Waals surface area contributed by atoms with Crippen LogP contribution in [0.25, 0.3) is 0 Å². The molecule has 3 aliphatic heterocycles. The number of nitrogens with zero attached hydrogens (tertiary/aromatic N) is 2. The van der Waals surface area contributed by atoms with Gasteiger partial charge >= 0.3 is 0 Å². The van der Waals surface area contributed by atoms with Crippen molar-refractivity contribution >= 4 is 5.91 Å². The first kappa shape index (κ1) is 15.9. The Bertz CT molecular complexity index is 582. The number of piperidine rings is 1. The van der Waals surface area contributed by atoms with E-state index in [1.165, 1.54) is 24.8 Å². The lowest BCUT2D eigenvalue weighted by Gasteiger charge is -2.40. The summed E-state index contributed by atoms with van der Waals surface area (Å²) in [5, 5.41) is 0. The van der Waals surface area contributed by atoms with E-state index in [0.717, 1.165) is 44.8 Å². The maximum Gasteiger partial charge on any atom is 0.225 e. The van der Waals surface area contributed by atoms with Crippen molar-refractivity contribution in [1.29, 1.82) is 0 Å². The molecule has 130 valence electrons. The van der Waals surface area contributed by atoms with Gasteiger partial charge in [-0.1, -0.05) is 18.6 Å². The zero-order valence-corrected chi connectivity index (χ0v) is 14.6. The highest BCUT2D eigenvalue weighted by Gasteiger charge is 2.40. The summed E-state index contributed by atoms with van der Waals surface area (Å²) in [5.74, 6) is 2.33. The Kier molecular flexibility index (Phi) is 4.49. The predicted molar refractivity (Wildman–Crippen MR) is 93.8 cm³/mol. The summed E-state index contributed by atoms with van der Waals surface area (Å²) in [6.07, 6.45) is 5.92. The van der Waals surface area contributed by atoms with Crippen LogP contribution in [0.4, 0.5) is 0 Å². The van der Waals surface area contributed by atoms with E-state index in [4.69, 9.17) is 4.74 Å². The molecule has 2 atom stereocenters. The molecule has 3 heterocycles. The number of fused-ring (bicyclic) bond motifs is 4. The van der Waals surface area contributed by atoms with Gasteiger partial charge in [0, 0.05) is 38.1 Å². The zero-order chi connectivity index (χ0) is 16.5. The van der Waals surface area contributed by atoms with Gasteiger partial charge in [0.1, 0.15) is 5.75 Å². The number of ether oxygens (including phenoxy) is 1. The number of rotatable bonds is 4. The molecule has 2 bridgehead atoms. The SMILES string of the molecule is COc1ccc(CN2C[C@H]3CC[C@@H](C2)N(C(=O)C2CCC2)C3)cc1. The van der Waals surface area contributed by atoms with Crippen LogP contribution in [-0.4, -0.2) is 48.5 Å². The van der Waals surface area contributed by atoms with Crippen LogP contribution in [0.1, 0.15) is 37.7 Å². The first-order valence-electron chi connectivity index (χ1n) is 9.38. The summed E-state index contributed by atoms with van der Waals surface area (Å²) >= 11 is 0. The molecular weight excluding hydrogens is 300 g/mol. The van der Waals surface area contributed by atoms with E-state index in [-0.39, 0.29) is 0 Å². The third-order valence-electron chi connectivity index (χ3n) is 6.09. The summed E-state index contributed by atoms with van der Waals surface area (Å²) in [4.78, 5) is 17.5. The molecule has 0 N–H and O–H groups in total. The highest BCUT2D eigenvalue weighted by atomic mass is 16.5. The molecule has 4 fully saturated rings. The molecule has 1 aliphatic carbocycles. The second-order valence-electron chi connectivity index (χ2n) is 7.76. The standard InChI is InChI=1S/C20H28N2O2/c1-24-19-9-6-15(7-10-19)11-21-12-16-5-8-18(14-21)22(13-16)20(23)17-3-2-4-17/h6-7,9-10,16-18H,2-5,8,11-14H2,1H3/t16-,18+/m1/s1. The molecule has 3 saturated heterocycles. The highest BCUT2D eigenvalue weighted by molar-refractivity contribution is 5.80. The average Bonchev–Trinajstić information content (AvgIpc) is 2.84. The van der Waals surface area contributed by atoms with Crippen LogP contribution in [0.5, 0.6) is 5.75 Å². The van der Waals surface area contributed by atoms with E-state index in [0.29, 0.717) is 23.8 Å². The maximum atomic E-state index is 12.8. The van der Waals surface area contributed by atoms with E-state index in [1.807, 2.05) is 12.1 Å². The fraction of sp³-hybridized carbons (Fsp3) is 0.650. The Morgan fingerprint density at radius 2 is 1.88 bits per heavy atom. The van der Waals surface area contributed by atoms with Crippen LogP contribution < -0.4 is 4.74 Å². The Morgan fingerprint density at radius 3 is 2.54 bits per heavy atom. The van der Waals surface area contributed by atoms with Gasteiger partial charge < -0.3 is 9.64 Å². The van der Waals surface area contributed by atoms with E-state index >= 15 is 0 Å². The maximum absolute atomic E-state index is 12.8. The lowest BCUT2D eigenvalue weighted by Crippen LogP contribution is -2.50. The molecule has 24 heavy (non-hydrogen) atoms. The van der Waals surface area contributed by atoms with Crippen LogP contribution in [0, 0.1) is 11.8 Å². The lowest BCUT2D eigenvalue weighted by atomic mass is 9.83. The second kappa shape index (κ2) is 6.75. The average molecular weight is 328 g/mol. The molecule has 1 aromatic rings. The Morgan fingerprint density at radius 1 is 1.08 bits per heavy atom. The molecular formula is C20H28N2O2. The summed E-state index contributed by atoms with van der Waals surface area (Å²) in [7, 11) is 1.70. The van der Waals surface area contributed by atoms with E-state index < -0.39 is 0 Å². The number of hydrogen-bond acceptors (Lipinski definition) is 3. The number of hydrogen-bond donors (Lipinski definition) is 0. The molecule has 1 saturated carbocycles. The molecule has 0 unspecified atom stereocenters. The fourth-order valence-corrected chi connectivity index (χ4v) is 4.46. The van der Waals surface area contributed by atoms with E-state index in [1.54, 1.807) is 7.11 Å². The van der Waals surface area contributed by atoms with Crippen molar-refractivity contribution in [3.63, 3.8) is 0 Å². The zero-order valence-electron chi connectivity index (χ0n) is 14.6. The van der Waals surface area contributed by atoms with E-state index in [9.17, 15) is 4.79 Å². The third-order valence-corrected chi connectivity index (χ3v) is 6.09. The molecule has 0 aromatic heterocycles. The summed E-state index contributed by atoms with van der Waals surface area (Å²) in [6, 6.07) is 8.81. The molecule has 1 amide bonds. The van der Waals surface area contributed by atoms with Gasteiger partial charge in [-0.2, -0.15) is 0 Å². The van der Waals surface area contributed by atoms with Gasteiger partial charge in [-0.3, -0.25) is 9.69 Å². The molecule has 4 heteroatoms. The Balaban J connectivity index is 1.42. The van der Waals surface area contributed by atoms with Crippen molar-refractivity contribution in [2.75, 3.05) is 26.7 Å². The fourth-order valence-electron chi connectivity index (χ4n) is 4.46. The van der Waals surface area contributed by atoms with Gasteiger partial charge in [0.05, 0.1) is 7.11 Å². The largest absolute Gasteiger partial charge is 0.497 e. The van der Waals surface area contributed by atoms with Crippen LogP contribution in [-0.2, 0) is 11.3 Å². The third kappa shape index (κ3) is 3.16. The smallest absolute Gasteiger partial charge is 0.225 e. The van der Waals surface area contributed by atoms with Crippen LogP contribution in [0.2, 0.25) is 0 Å². The van der Waals surface area contributed by atoms with Gasteiger partial charge in [-0.05, 0) is 49.3 Å². The van der Waals surface area contributed by atoms with Crippen LogP contribution in [0.3, 0.4) is 0 Å². The van der Waals surface area contributed by atoms with Crippen molar-refractivity contribution < 1.29 is 9.53 Å². The Labute approximate surface area is 144 Å². The number of amides is 1. The van der Waals surface area contributed by atoms with Crippen molar-refractivity contribution in [2.45, 2.75) is 44.7 Å². The number of methoxy groups -OCH3 is 1. The summed E-state index contributed by atoms with van der Waals surface area (Å²) < 4.78 is 5.24. The lowest BCUT2D eigenvalue weighted by molar-refractivity contribution is -0.142. The van der Waals surface area contributed by atoms with Gasteiger partial charge in [-0.15, -0.1) is 0 Å². The molecule has 1 aromatic carbocycles. The van der Waals surface area contributed by atoms with Gasteiger partial charge in [-0.25, -0.2) is 0 Å². The molecule has 4 aliphatic rings. The van der Waals surface area contributed by atoms with E-state index in [2.05, 4.69) is 21.9 Å². The van der Waals surface area contributed by atoms with Gasteiger partial charge in [0.15, 0.2) is 0 Å². The van der Waals surface area contributed by atoms with Crippen LogP contribution >= 0.6 is 0 Å². The van der Waals surface area contributed by atoms with Gasteiger partial charge in [0.25, 0.3) is 0 Å². The normalized spacial score (nSPS) is 27.6. The number of carbonyl (C=O) groups excluding carboxylic acids is 1. The van der Waals surface area contributed by atoms with Crippen molar-refractivity contribution in [2.24, 2.45) is 11.8 Å². The molecule has 5 rings (SSSR count). The first-order chi connectivity index (χ1) is 11.7. The minimum absolute atomic E-state index is 0.333. The van der Waals surface area contributed by atoms with Crippen molar-refractivity contribution in [3.05, 3.63) is 29.8 Å². The minimum Gasteiger partial charge on any atom is -0.497 e. The summed E-state index contributed by atoms with van der Waals surface area (Å²) in [6.45, 7) is 4.11. The first-order valence-corrected chi connectivity index (χ1v) is 9.38. The minimum atomic E-state index is 0.333. The highest BCUT2D eigenvalue weighted by Crippen LogP contribution is 2.34. The second-order valence-corrected chi connectivity index (χ2v) is 7.76. The van der Waals surface area contributed by atoms with Crippen LogP contribution in [0.15, 0.2) is 24.3 Å². The Hall–Kier alpha value is -1.55. The monoisotopic (exact) mass is 328 g/mol. The quantitative estimate of drug-likeness (QED) is 0.852. The van der Waals surface area contributed by atoms with Crippen molar-refractivity contribution in [3.8, 4) is 5.75 Å².